The number of ether oxygens (including phenoxy) is 2. The Labute approximate surface area is 128 Å². The van der Waals surface area contributed by atoms with Crippen LogP contribution in [0.25, 0.3) is 0 Å². The van der Waals surface area contributed by atoms with E-state index in [2.05, 4.69) is 6.92 Å². The van der Waals surface area contributed by atoms with Crippen molar-refractivity contribution in [3.8, 4) is 0 Å². The summed E-state index contributed by atoms with van der Waals surface area (Å²) in [6.07, 6.45) is 4.02. The maximum Gasteiger partial charge on any atom is 0.0701 e. The van der Waals surface area contributed by atoms with Gasteiger partial charge in [-0.05, 0) is 12.8 Å². The molecule has 21 heavy (non-hydrogen) atoms. The predicted octanol–water partition coefficient (Wildman–Crippen LogP) is 0.562. The van der Waals surface area contributed by atoms with E-state index in [1.807, 2.05) is 6.92 Å². The standard InChI is InChI=1S/C9H20O2.C6H14O4/c1-3-5-6-9(4-2,7-10)8-11;7-1-3-9-5-6-10-4-2-8/h10-11H,3-8H2,1-2H3;7-8H,1-6H2. The fraction of sp³-hybridized carbons (Fsp3) is 1.00. The summed E-state index contributed by atoms with van der Waals surface area (Å²) in [5, 5.41) is 34.6. The Morgan fingerprint density at radius 3 is 1.52 bits per heavy atom. The molecule has 0 heterocycles. The topological polar surface area (TPSA) is 99.4 Å². The average Bonchev–Trinajstić information content (AvgIpc) is 2.53. The highest BCUT2D eigenvalue weighted by Crippen LogP contribution is 2.27. The van der Waals surface area contributed by atoms with Gasteiger partial charge in [-0.2, -0.15) is 0 Å². The van der Waals surface area contributed by atoms with Crippen LogP contribution in [0.4, 0.5) is 0 Å². The molecule has 0 saturated heterocycles. The summed E-state index contributed by atoms with van der Waals surface area (Å²) in [5.41, 5.74) is -0.212. The van der Waals surface area contributed by atoms with Crippen molar-refractivity contribution in [1.29, 1.82) is 0 Å². The van der Waals surface area contributed by atoms with Gasteiger partial charge in [0.2, 0.25) is 0 Å². The largest absolute Gasteiger partial charge is 0.396 e. The smallest absolute Gasteiger partial charge is 0.0701 e. The van der Waals surface area contributed by atoms with Gasteiger partial charge in [-0.15, -0.1) is 0 Å². The number of hydrogen-bond acceptors (Lipinski definition) is 6. The lowest BCUT2D eigenvalue weighted by Gasteiger charge is -2.27. The summed E-state index contributed by atoms with van der Waals surface area (Å²) < 4.78 is 9.75. The van der Waals surface area contributed by atoms with Crippen LogP contribution in [0, 0.1) is 5.41 Å². The van der Waals surface area contributed by atoms with Gasteiger partial charge < -0.3 is 29.9 Å². The highest BCUT2D eigenvalue weighted by molar-refractivity contribution is 4.75. The zero-order valence-electron chi connectivity index (χ0n) is 13.6. The first kappa shape index (κ1) is 23.0. The van der Waals surface area contributed by atoms with Crippen LogP contribution in [0.3, 0.4) is 0 Å². The Bertz CT molecular complexity index is 169. The number of aliphatic hydroxyl groups is 4. The summed E-state index contributed by atoms with van der Waals surface area (Å²) in [6, 6.07) is 0. The molecule has 0 radical (unpaired) electrons. The highest BCUT2D eigenvalue weighted by Gasteiger charge is 2.25. The Morgan fingerprint density at radius 2 is 1.24 bits per heavy atom. The lowest BCUT2D eigenvalue weighted by atomic mass is 9.82. The van der Waals surface area contributed by atoms with Gasteiger partial charge in [0.25, 0.3) is 0 Å². The van der Waals surface area contributed by atoms with Gasteiger partial charge in [-0.1, -0.05) is 26.7 Å². The Morgan fingerprint density at radius 1 is 0.762 bits per heavy atom. The maximum atomic E-state index is 9.04. The van der Waals surface area contributed by atoms with Crippen molar-refractivity contribution in [2.45, 2.75) is 39.5 Å². The molecule has 0 unspecified atom stereocenters. The van der Waals surface area contributed by atoms with Crippen molar-refractivity contribution in [2.75, 3.05) is 52.9 Å². The van der Waals surface area contributed by atoms with Crippen LogP contribution >= 0.6 is 0 Å². The van der Waals surface area contributed by atoms with Crippen molar-refractivity contribution in [3.05, 3.63) is 0 Å². The Hall–Kier alpha value is -0.240. The second kappa shape index (κ2) is 17.8. The molecule has 6 heteroatoms. The summed E-state index contributed by atoms with van der Waals surface area (Å²) in [4.78, 5) is 0. The van der Waals surface area contributed by atoms with Crippen LogP contribution < -0.4 is 0 Å². The Balaban J connectivity index is 0. The van der Waals surface area contributed by atoms with E-state index in [9.17, 15) is 0 Å². The summed E-state index contributed by atoms with van der Waals surface area (Å²) in [7, 11) is 0. The van der Waals surface area contributed by atoms with Crippen LogP contribution in [0.15, 0.2) is 0 Å². The Kier molecular flexibility index (Phi) is 19.5. The molecule has 0 aromatic carbocycles. The van der Waals surface area contributed by atoms with E-state index in [1.165, 1.54) is 0 Å². The van der Waals surface area contributed by atoms with Crippen LogP contribution in [0.1, 0.15) is 39.5 Å². The minimum Gasteiger partial charge on any atom is -0.396 e. The van der Waals surface area contributed by atoms with Crippen LogP contribution in [0.2, 0.25) is 0 Å². The third-order valence-electron chi connectivity index (χ3n) is 3.32. The van der Waals surface area contributed by atoms with Gasteiger partial charge in [0, 0.05) is 5.41 Å². The fourth-order valence-electron chi connectivity index (χ4n) is 1.61. The summed E-state index contributed by atoms with van der Waals surface area (Å²) in [5.74, 6) is 0. The SMILES string of the molecule is CCCCC(CC)(CO)CO.OCCOCCOCCO. The number of aliphatic hydroxyl groups excluding tert-OH is 4. The van der Waals surface area contributed by atoms with Gasteiger partial charge in [0.1, 0.15) is 0 Å². The highest BCUT2D eigenvalue weighted by atomic mass is 16.5. The summed E-state index contributed by atoms with van der Waals surface area (Å²) in [6.45, 7) is 6.09. The molecule has 0 saturated carbocycles. The van der Waals surface area contributed by atoms with E-state index in [0.29, 0.717) is 26.4 Å². The molecule has 0 aliphatic heterocycles. The van der Waals surface area contributed by atoms with Crippen LogP contribution in [-0.4, -0.2) is 73.3 Å². The molecule has 0 aliphatic carbocycles. The molecular weight excluding hydrogens is 276 g/mol. The molecule has 6 nitrogen and oxygen atoms in total. The van der Waals surface area contributed by atoms with Crippen LogP contribution in [0.5, 0.6) is 0 Å². The first-order chi connectivity index (χ1) is 10.2. The zero-order chi connectivity index (χ0) is 16.4. The molecule has 0 aliphatic rings. The molecule has 0 spiro atoms. The second-order valence-electron chi connectivity index (χ2n) is 4.95. The normalized spacial score (nSPS) is 11.1. The van der Waals surface area contributed by atoms with E-state index in [1.54, 1.807) is 0 Å². The lowest BCUT2D eigenvalue weighted by molar-refractivity contribution is 0.0222. The van der Waals surface area contributed by atoms with Crippen molar-refractivity contribution < 1.29 is 29.9 Å². The zero-order valence-corrected chi connectivity index (χ0v) is 13.6. The second-order valence-corrected chi connectivity index (χ2v) is 4.95. The molecule has 0 fully saturated rings. The van der Waals surface area contributed by atoms with Crippen molar-refractivity contribution in [2.24, 2.45) is 5.41 Å². The van der Waals surface area contributed by atoms with E-state index in [0.717, 1.165) is 25.7 Å². The first-order valence-corrected chi connectivity index (χ1v) is 7.75. The predicted molar refractivity (Wildman–Crippen MR) is 82.2 cm³/mol. The number of rotatable bonds is 13. The minimum atomic E-state index is -0.212. The molecular formula is C15H34O6. The molecule has 0 rings (SSSR count). The molecule has 4 N–H and O–H groups in total. The lowest BCUT2D eigenvalue weighted by Crippen LogP contribution is -2.28. The molecule has 130 valence electrons. The molecule has 0 aromatic rings. The maximum absolute atomic E-state index is 9.04. The van der Waals surface area contributed by atoms with Crippen LogP contribution in [-0.2, 0) is 9.47 Å². The molecule has 0 aromatic heterocycles. The van der Waals surface area contributed by atoms with E-state index >= 15 is 0 Å². The number of hydrogen-bond donors (Lipinski definition) is 4. The van der Waals surface area contributed by atoms with Gasteiger partial charge in [-0.25, -0.2) is 0 Å². The van der Waals surface area contributed by atoms with E-state index in [-0.39, 0.29) is 31.8 Å². The van der Waals surface area contributed by atoms with E-state index in [4.69, 9.17) is 29.9 Å². The van der Waals surface area contributed by atoms with Gasteiger partial charge in [0.05, 0.1) is 52.9 Å². The minimum absolute atomic E-state index is 0.0417. The molecule has 0 amide bonds. The third kappa shape index (κ3) is 14.5. The number of unbranched alkanes of at least 4 members (excludes halogenated alkanes) is 1. The monoisotopic (exact) mass is 310 g/mol. The molecule has 0 bridgehead atoms. The van der Waals surface area contributed by atoms with Gasteiger partial charge >= 0.3 is 0 Å². The van der Waals surface area contributed by atoms with E-state index < -0.39 is 0 Å². The first-order valence-electron chi connectivity index (χ1n) is 7.75. The third-order valence-corrected chi connectivity index (χ3v) is 3.32. The fourth-order valence-corrected chi connectivity index (χ4v) is 1.61. The van der Waals surface area contributed by atoms with Gasteiger partial charge in [0.15, 0.2) is 0 Å². The van der Waals surface area contributed by atoms with Crippen molar-refractivity contribution >= 4 is 0 Å². The molecule has 0 atom stereocenters. The average molecular weight is 310 g/mol. The summed E-state index contributed by atoms with van der Waals surface area (Å²) >= 11 is 0. The van der Waals surface area contributed by atoms with Gasteiger partial charge in [-0.3, -0.25) is 0 Å². The van der Waals surface area contributed by atoms with Crippen molar-refractivity contribution in [1.82, 2.24) is 0 Å². The quantitative estimate of drug-likeness (QED) is 0.371. The van der Waals surface area contributed by atoms with Crippen molar-refractivity contribution in [3.63, 3.8) is 0 Å².